The Labute approximate surface area is 194 Å². The molecule has 3 heterocycles. The van der Waals surface area contributed by atoms with Crippen molar-refractivity contribution >= 4 is 23.5 Å². The zero-order valence-corrected chi connectivity index (χ0v) is 19.2. The van der Waals surface area contributed by atoms with E-state index in [1.54, 1.807) is 11.1 Å². The SMILES string of the molecule is Cc1ccc(C)c(-n2ccnc2SCC(=O)N2CCN(c3ccc(C(F)(F)F)cn3)CC2)c1. The number of carbonyl (C=O) groups excluding carboxylic acids is 1. The van der Waals surface area contributed by atoms with Gasteiger partial charge in [-0.3, -0.25) is 9.36 Å². The molecular weight excluding hydrogens is 451 g/mol. The molecule has 2 aromatic heterocycles. The summed E-state index contributed by atoms with van der Waals surface area (Å²) in [6.45, 7) is 6.11. The molecule has 1 aromatic carbocycles. The molecular formula is C23H24F3N5OS. The Kier molecular flexibility index (Phi) is 6.64. The lowest BCUT2D eigenvalue weighted by Crippen LogP contribution is -2.49. The third-order valence-corrected chi connectivity index (χ3v) is 6.54. The van der Waals surface area contributed by atoms with Crippen LogP contribution < -0.4 is 4.90 Å². The van der Waals surface area contributed by atoms with Gasteiger partial charge in [-0.2, -0.15) is 13.2 Å². The van der Waals surface area contributed by atoms with E-state index in [4.69, 9.17) is 0 Å². The highest BCUT2D eigenvalue weighted by atomic mass is 32.2. The number of aryl methyl sites for hydroxylation is 2. The lowest BCUT2D eigenvalue weighted by atomic mass is 10.1. The van der Waals surface area contributed by atoms with Crippen LogP contribution in [0, 0.1) is 13.8 Å². The lowest BCUT2D eigenvalue weighted by Gasteiger charge is -2.35. The second kappa shape index (κ2) is 9.46. The van der Waals surface area contributed by atoms with Crippen molar-refractivity contribution in [1.82, 2.24) is 19.4 Å². The predicted octanol–water partition coefficient (Wildman–Crippen LogP) is 4.34. The molecule has 1 saturated heterocycles. The van der Waals surface area contributed by atoms with Crippen molar-refractivity contribution in [2.75, 3.05) is 36.8 Å². The molecule has 0 bridgehead atoms. The minimum absolute atomic E-state index is 0.00976. The Bertz CT molecular complexity index is 1120. The second-order valence-electron chi connectivity index (χ2n) is 7.93. The van der Waals surface area contributed by atoms with E-state index in [-0.39, 0.29) is 11.7 Å². The van der Waals surface area contributed by atoms with E-state index >= 15 is 0 Å². The molecule has 4 rings (SSSR count). The highest BCUT2D eigenvalue weighted by Gasteiger charge is 2.31. The summed E-state index contributed by atoms with van der Waals surface area (Å²) in [6.07, 6.45) is 0.0669. The summed E-state index contributed by atoms with van der Waals surface area (Å²) >= 11 is 1.39. The van der Waals surface area contributed by atoms with Crippen molar-refractivity contribution in [3.63, 3.8) is 0 Å². The van der Waals surface area contributed by atoms with Crippen LogP contribution in [0.3, 0.4) is 0 Å². The zero-order chi connectivity index (χ0) is 23.6. The molecule has 1 aliphatic heterocycles. The van der Waals surface area contributed by atoms with Crippen molar-refractivity contribution in [3.05, 3.63) is 65.6 Å². The number of pyridine rings is 1. The minimum atomic E-state index is -4.40. The number of thioether (sulfide) groups is 1. The first-order valence-electron chi connectivity index (χ1n) is 10.5. The summed E-state index contributed by atoms with van der Waals surface area (Å²) in [6, 6.07) is 8.64. The van der Waals surface area contributed by atoms with E-state index in [0.717, 1.165) is 34.2 Å². The first-order valence-corrected chi connectivity index (χ1v) is 11.5. The molecule has 0 atom stereocenters. The van der Waals surface area contributed by atoms with Crippen LogP contribution in [-0.2, 0) is 11.0 Å². The number of anilines is 1. The van der Waals surface area contributed by atoms with E-state index in [1.807, 2.05) is 29.5 Å². The smallest absolute Gasteiger partial charge is 0.353 e. The molecule has 1 aliphatic rings. The van der Waals surface area contributed by atoms with Gasteiger partial charge in [0.15, 0.2) is 5.16 Å². The normalized spacial score (nSPS) is 14.6. The monoisotopic (exact) mass is 475 g/mol. The summed E-state index contributed by atoms with van der Waals surface area (Å²) in [5.41, 5.74) is 2.55. The third kappa shape index (κ3) is 5.32. The van der Waals surface area contributed by atoms with Gasteiger partial charge < -0.3 is 9.80 Å². The van der Waals surface area contributed by atoms with Crippen LogP contribution in [0.4, 0.5) is 19.0 Å². The summed E-state index contributed by atoms with van der Waals surface area (Å²) in [5, 5.41) is 0.754. The molecule has 6 nitrogen and oxygen atoms in total. The van der Waals surface area contributed by atoms with Crippen LogP contribution in [-0.4, -0.2) is 57.3 Å². The molecule has 1 fully saturated rings. The standard InChI is InChI=1S/C23H24F3N5OS/c1-16-3-4-17(2)19(13-16)31-8-7-27-22(31)33-15-21(32)30-11-9-29(10-12-30)20-6-5-18(14-28-20)23(24,25)26/h3-8,13-14H,9-12,15H2,1-2H3. The molecule has 10 heteroatoms. The van der Waals surface area contributed by atoms with Crippen LogP contribution in [0.25, 0.3) is 5.69 Å². The van der Waals surface area contributed by atoms with E-state index in [1.165, 1.54) is 17.8 Å². The number of hydrogen-bond donors (Lipinski definition) is 0. The Hall–Kier alpha value is -3.01. The first kappa shape index (κ1) is 23.2. The highest BCUT2D eigenvalue weighted by molar-refractivity contribution is 7.99. The van der Waals surface area contributed by atoms with Crippen molar-refractivity contribution < 1.29 is 18.0 Å². The van der Waals surface area contributed by atoms with Gasteiger partial charge in [0.05, 0.1) is 17.0 Å². The Morgan fingerprint density at radius 2 is 1.82 bits per heavy atom. The van der Waals surface area contributed by atoms with Gasteiger partial charge in [-0.05, 0) is 43.2 Å². The third-order valence-electron chi connectivity index (χ3n) is 5.59. The molecule has 0 N–H and O–H groups in total. The van der Waals surface area contributed by atoms with Crippen LogP contribution in [0.5, 0.6) is 0 Å². The van der Waals surface area contributed by atoms with Crippen molar-refractivity contribution in [2.24, 2.45) is 0 Å². The van der Waals surface area contributed by atoms with Crippen molar-refractivity contribution in [2.45, 2.75) is 25.2 Å². The largest absolute Gasteiger partial charge is 0.417 e. The molecule has 0 saturated carbocycles. The maximum atomic E-state index is 12.8. The summed E-state index contributed by atoms with van der Waals surface area (Å²) in [4.78, 5) is 24.8. The van der Waals surface area contributed by atoms with E-state index in [9.17, 15) is 18.0 Å². The van der Waals surface area contributed by atoms with Gasteiger partial charge in [-0.25, -0.2) is 9.97 Å². The molecule has 174 valence electrons. The van der Waals surface area contributed by atoms with Crippen molar-refractivity contribution in [1.29, 1.82) is 0 Å². The number of piperazine rings is 1. The van der Waals surface area contributed by atoms with Gasteiger partial charge in [-0.1, -0.05) is 23.9 Å². The van der Waals surface area contributed by atoms with E-state index in [2.05, 4.69) is 28.2 Å². The number of rotatable bonds is 5. The van der Waals surface area contributed by atoms with Crippen LogP contribution in [0.2, 0.25) is 0 Å². The maximum absolute atomic E-state index is 12.8. The molecule has 33 heavy (non-hydrogen) atoms. The number of amides is 1. The Morgan fingerprint density at radius 1 is 1.06 bits per heavy atom. The fourth-order valence-electron chi connectivity index (χ4n) is 3.70. The topological polar surface area (TPSA) is 54.3 Å². The average Bonchev–Trinajstić information content (AvgIpc) is 3.27. The maximum Gasteiger partial charge on any atom is 0.417 e. The number of nitrogens with zero attached hydrogens (tertiary/aromatic N) is 5. The number of benzene rings is 1. The minimum Gasteiger partial charge on any atom is -0.353 e. The molecule has 3 aromatic rings. The average molecular weight is 476 g/mol. The lowest BCUT2D eigenvalue weighted by molar-refractivity contribution is -0.137. The zero-order valence-electron chi connectivity index (χ0n) is 18.3. The second-order valence-corrected chi connectivity index (χ2v) is 8.87. The number of halogens is 3. The number of imidazole rings is 1. The summed E-state index contributed by atoms with van der Waals surface area (Å²) in [7, 11) is 0. The predicted molar refractivity (Wildman–Crippen MR) is 122 cm³/mol. The van der Waals surface area contributed by atoms with E-state index < -0.39 is 11.7 Å². The summed E-state index contributed by atoms with van der Waals surface area (Å²) in [5.74, 6) is 0.760. The van der Waals surface area contributed by atoms with Crippen LogP contribution in [0.1, 0.15) is 16.7 Å². The first-order chi connectivity index (χ1) is 15.7. The quantitative estimate of drug-likeness (QED) is 0.514. The van der Waals surface area contributed by atoms with Gasteiger partial charge in [0, 0.05) is 44.8 Å². The van der Waals surface area contributed by atoms with Gasteiger partial charge in [0.2, 0.25) is 5.91 Å². The highest BCUT2D eigenvalue weighted by Crippen LogP contribution is 2.29. The number of aromatic nitrogens is 3. The van der Waals surface area contributed by atoms with Gasteiger partial charge in [0.25, 0.3) is 0 Å². The van der Waals surface area contributed by atoms with Crippen LogP contribution in [0.15, 0.2) is 54.1 Å². The number of alkyl halides is 3. The molecule has 0 unspecified atom stereocenters. The number of carbonyl (C=O) groups is 1. The van der Waals surface area contributed by atoms with Gasteiger partial charge in [-0.15, -0.1) is 0 Å². The van der Waals surface area contributed by atoms with Gasteiger partial charge >= 0.3 is 6.18 Å². The van der Waals surface area contributed by atoms with Crippen molar-refractivity contribution in [3.8, 4) is 5.69 Å². The molecule has 0 radical (unpaired) electrons. The van der Waals surface area contributed by atoms with E-state index in [0.29, 0.717) is 32.0 Å². The molecule has 0 aliphatic carbocycles. The fourth-order valence-corrected chi connectivity index (χ4v) is 4.57. The summed E-state index contributed by atoms with van der Waals surface area (Å²) < 4.78 is 40.2. The fraction of sp³-hybridized carbons (Fsp3) is 0.348. The van der Waals surface area contributed by atoms with Gasteiger partial charge in [0.1, 0.15) is 5.82 Å². The molecule has 1 amide bonds. The van der Waals surface area contributed by atoms with Crippen LogP contribution >= 0.6 is 11.8 Å². The Morgan fingerprint density at radius 3 is 2.48 bits per heavy atom. The molecule has 0 spiro atoms. The Balaban J connectivity index is 1.33. The number of hydrogen-bond acceptors (Lipinski definition) is 5.